The lowest BCUT2D eigenvalue weighted by Crippen LogP contribution is -2.14. The smallest absolute Gasteiger partial charge is 0.119 e. The minimum atomic E-state index is 0.705. The van der Waals surface area contributed by atoms with Crippen LogP contribution >= 0.6 is 0 Å². The van der Waals surface area contributed by atoms with Crippen LogP contribution in [-0.2, 0) is 6.42 Å². The third-order valence-corrected chi connectivity index (χ3v) is 9.30. The van der Waals surface area contributed by atoms with Crippen LogP contribution in [0.4, 0.5) is 0 Å². The second-order valence-electron chi connectivity index (χ2n) is 12.3. The predicted molar refractivity (Wildman–Crippen MR) is 158 cm³/mol. The van der Waals surface area contributed by atoms with Crippen molar-refractivity contribution in [1.82, 2.24) is 0 Å². The van der Waals surface area contributed by atoms with Crippen molar-refractivity contribution in [3.8, 4) is 5.75 Å². The third-order valence-electron chi connectivity index (χ3n) is 9.30. The van der Waals surface area contributed by atoms with E-state index >= 15 is 0 Å². The van der Waals surface area contributed by atoms with Crippen molar-refractivity contribution in [2.24, 2.45) is 23.7 Å². The van der Waals surface area contributed by atoms with Crippen LogP contribution in [0.3, 0.4) is 0 Å². The van der Waals surface area contributed by atoms with E-state index in [-0.39, 0.29) is 0 Å². The second-order valence-corrected chi connectivity index (χ2v) is 12.3. The van der Waals surface area contributed by atoms with E-state index in [1.807, 2.05) is 0 Å². The molecule has 0 atom stereocenters. The zero-order chi connectivity index (χ0) is 25.3. The lowest BCUT2D eigenvalue weighted by Gasteiger charge is -2.28. The lowest BCUT2D eigenvalue weighted by molar-refractivity contribution is 0.245. The first kappa shape index (κ1) is 29.3. The summed E-state index contributed by atoms with van der Waals surface area (Å²) in [5.41, 5.74) is 1.47. The Kier molecular flexibility index (Phi) is 14.7. The first-order chi connectivity index (χ1) is 17.8. The van der Waals surface area contributed by atoms with Gasteiger partial charge in [0.2, 0.25) is 0 Å². The summed E-state index contributed by atoms with van der Waals surface area (Å²) in [4.78, 5) is 0. The highest BCUT2D eigenvalue weighted by Crippen LogP contribution is 2.35. The fraction of sp³-hybridized carbons (Fsp3) is 0.771. The van der Waals surface area contributed by atoms with E-state index in [4.69, 9.17) is 4.74 Å². The largest absolute Gasteiger partial charge is 0.490 e. The van der Waals surface area contributed by atoms with Gasteiger partial charge in [-0.25, -0.2) is 0 Å². The monoisotopic (exact) mass is 494 g/mol. The number of unbranched alkanes of at least 4 members (excludes halogenated alkanes) is 5. The molecule has 0 spiro atoms. The Morgan fingerprint density at radius 3 is 1.67 bits per heavy atom. The minimum Gasteiger partial charge on any atom is -0.490 e. The molecule has 204 valence electrons. The van der Waals surface area contributed by atoms with Crippen LogP contribution in [0.2, 0.25) is 0 Å². The number of hydrogen-bond donors (Lipinski definition) is 0. The average molecular weight is 495 g/mol. The van der Waals surface area contributed by atoms with Crippen LogP contribution in [0.1, 0.15) is 141 Å². The molecule has 0 N–H and O–H groups in total. The van der Waals surface area contributed by atoms with E-state index in [0.717, 1.165) is 29.4 Å². The van der Waals surface area contributed by atoms with Gasteiger partial charge in [-0.2, -0.15) is 0 Å². The molecule has 0 amide bonds. The summed E-state index contributed by atoms with van der Waals surface area (Å²) in [7, 11) is 0. The fourth-order valence-corrected chi connectivity index (χ4v) is 6.75. The Bertz CT molecular complexity index is 673. The molecular formula is C35H58O. The van der Waals surface area contributed by atoms with E-state index in [1.165, 1.54) is 134 Å². The van der Waals surface area contributed by atoms with E-state index in [0.29, 0.717) is 6.61 Å². The van der Waals surface area contributed by atoms with Gasteiger partial charge in [0.25, 0.3) is 0 Å². The molecule has 1 nitrogen and oxygen atoms in total. The standard InChI is InChI=1S/C35H58O/c1-3-5-7-12-30-17-19-32(20-18-30)14-9-10-15-33-25-27-35(28-26-33)36-29-11-16-34-23-21-31(22-24-34)13-8-6-4-2/h11,16,25-28,30-32,34H,3-10,12-15,17-24,29H2,1-2H3/t30-,31-,32-,34-. The SMILES string of the molecule is CCCCC[C@H]1CC[C@H](C=CCOc2ccc(CCCC[C@H]3CC[C@H](CCCCC)CC3)cc2)CC1. The molecule has 2 aliphatic rings. The first-order valence-corrected chi connectivity index (χ1v) is 16.1. The van der Waals surface area contributed by atoms with Crippen molar-refractivity contribution in [2.45, 2.75) is 142 Å². The summed E-state index contributed by atoms with van der Waals surface area (Å²) in [5, 5.41) is 0. The molecular weight excluding hydrogens is 436 g/mol. The minimum absolute atomic E-state index is 0.705. The van der Waals surface area contributed by atoms with Gasteiger partial charge in [0.15, 0.2) is 0 Å². The summed E-state index contributed by atoms with van der Waals surface area (Å²) in [6.07, 6.45) is 33.1. The molecule has 0 saturated heterocycles. The van der Waals surface area contributed by atoms with Crippen molar-refractivity contribution < 1.29 is 4.74 Å². The van der Waals surface area contributed by atoms with Gasteiger partial charge in [0.05, 0.1) is 0 Å². The molecule has 36 heavy (non-hydrogen) atoms. The molecule has 0 aromatic heterocycles. The molecule has 0 aliphatic heterocycles. The van der Waals surface area contributed by atoms with Gasteiger partial charge in [-0.1, -0.05) is 128 Å². The molecule has 2 saturated carbocycles. The number of ether oxygens (including phenoxy) is 1. The van der Waals surface area contributed by atoms with E-state index in [9.17, 15) is 0 Å². The van der Waals surface area contributed by atoms with Gasteiger partial charge in [-0.3, -0.25) is 0 Å². The average Bonchev–Trinajstić information content (AvgIpc) is 2.92. The molecule has 0 heterocycles. The molecule has 2 aliphatic carbocycles. The Balaban J connectivity index is 1.20. The number of allylic oxidation sites excluding steroid dienone is 1. The molecule has 1 heteroatoms. The van der Waals surface area contributed by atoms with Crippen molar-refractivity contribution in [2.75, 3.05) is 6.61 Å². The molecule has 0 radical (unpaired) electrons. The van der Waals surface area contributed by atoms with Crippen LogP contribution in [0.25, 0.3) is 0 Å². The molecule has 1 aromatic carbocycles. The van der Waals surface area contributed by atoms with Crippen LogP contribution < -0.4 is 4.74 Å². The zero-order valence-electron chi connectivity index (χ0n) is 24.0. The number of rotatable bonds is 17. The predicted octanol–water partition coefficient (Wildman–Crippen LogP) is 11.1. The fourth-order valence-electron chi connectivity index (χ4n) is 6.75. The lowest BCUT2D eigenvalue weighted by atomic mass is 9.78. The van der Waals surface area contributed by atoms with Crippen molar-refractivity contribution in [3.05, 3.63) is 42.0 Å². The van der Waals surface area contributed by atoms with Crippen LogP contribution in [-0.4, -0.2) is 6.61 Å². The maximum atomic E-state index is 6.00. The summed E-state index contributed by atoms with van der Waals surface area (Å²) in [5.74, 6) is 4.84. The Morgan fingerprint density at radius 1 is 0.639 bits per heavy atom. The van der Waals surface area contributed by atoms with Gasteiger partial charge >= 0.3 is 0 Å². The van der Waals surface area contributed by atoms with Gasteiger partial charge in [-0.05, 0) is 79.9 Å². The zero-order valence-corrected chi connectivity index (χ0v) is 24.0. The molecule has 2 fully saturated rings. The highest BCUT2D eigenvalue weighted by atomic mass is 16.5. The molecule has 1 aromatic rings. The number of aryl methyl sites for hydroxylation is 1. The maximum absolute atomic E-state index is 6.00. The van der Waals surface area contributed by atoms with E-state index < -0.39 is 0 Å². The normalized spacial score (nSPS) is 24.8. The van der Waals surface area contributed by atoms with Gasteiger partial charge in [-0.15, -0.1) is 0 Å². The van der Waals surface area contributed by atoms with Crippen LogP contribution in [0.5, 0.6) is 5.75 Å². The van der Waals surface area contributed by atoms with Gasteiger partial charge < -0.3 is 4.74 Å². The van der Waals surface area contributed by atoms with Crippen molar-refractivity contribution >= 4 is 0 Å². The highest BCUT2D eigenvalue weighted by molar-refractivity contribution is 5.27. The topological polar surface area (TPSA) is 9.23 Å². The quantitative estimate of drug-likeness (QED) is 0.154. The van der Waals surface area contributed by atoms with Gasteiger partial charge in [0, 0.05) is 0 Å². The van der Waals surface area contributed by atoms with E-state index in [2.05, 4.69) is 50.3 Å². The number of benzene rings is 1. The molecule has 0 unspecified atom stereocenters. The Morgan fingerprint density at radius 2 is 1.14 bits per heavy atom. The van der Waals surface area contributed by atoms with Crippen molar-refractivity contribution in [1.29, 1.82) is 0 Å². The first-order valence-electron chi connectivity index (χ1n) is 16.1. The number of hydrogen-bond acceptors (Lipinski definition) is 1. The van der Waals surface area contributed by atoms with Gasteiger partial charge in [0.1, 0.15) is 12.4 Å². The van der Waals surface area contributed by atoms with Crippen LogP contribution in [0.15, 0.2) is 36.4 Å². The second kappa shape index (κ2) is 18.1. The Labute approximate surface area is 224 Å². The highest BCUT2D eigenvalue weighted by Gasteiger charge is 2.20. The maximum Gasteiger partial charge on any atom is 0.119 e. The van der Waals surface area contributed by atoms with Crippen LogP contribution in [0, 0.1) is 23.7 Å². The molecule has 3 rings (SSSR count). The summed E-state index contributed by atoms with van der Waals surface area (Å²) in [6, 6.07) is 8.90. The Hall–Kier alpha value is -1.24. The third kappa shape index (κ3) is 11.9. The summed E-state index contributed by atoms with van der Waals surface area (Å²) in [6.45, 7) is 5.33. The summed E-state index contributed by atoms with van der Waals surface area (Å²) < 4.78 is 6.00. The van der Waals surface area contributed by atoms with E-state index in [1.54, 1.807) is 0 Å². The summed E-state index contributed by atoms with van der Waals surface area (Å²) >= 11 is 0. The molecule has 0 bridgehead atoms. The van der Waals surface area contributed by atoms with Crippen molar-refractivity contribution in [3.63, 3.8) is 0 Å².